The maximum Gasteiger partial charge on any atom is 0.263 e. The Morgan fingerprint density at radius 2 is 2.20 bits per heavy atom. The maximum absolute atomic E-state index is 12.6. The minimum absolute atomic E-state index is 0. The summed E-state index contributed by atoms with van der Waals surface area (Å²) in [6.45, 7) is 2.85. The van der Waals surface area contributed by atoms with Crippen molar-refractivity contribution in [3.05, 3.63) is 29.8 Å². The molecule has 1 saturated heterocycles. The number of carbonyl (C=O) groups is 1. The molecule has 1 aliphatic rings. The molecule has 0 bridgehead atoms. The molecule has 2 rings (SSSR count). The summed E-state index contributed by atoms with van der Waals surface area (Å²) in [5.41, 5.74) is 0.366. The van der Waals surface area contributed by atoms with E-state index in [1.165, 1.54) is 18.2 Å². The molecule has 1 fully saturated rings. The molecule has 6 heteroatoms. The lowest BCUT2D eigenvalue weighted by molar-refractivity contribution is -0.120. The number of hydrogen-bond donors (Lipinski definition) is 2. The third-order valence-corrected chi connectivity index (χ3v) is 3.40. The Morgan fingerprint density at radius 1 is 1.45 bits per heavy atom. The number of nitrogens with one attached hydrogen (secondary N) is 2. The first-order valence-corrected chi connectivity index (χ1v) is 6.48. The van der Waals surface area contributed by atoms with Gasteiger partial charge in [-0.25, -0.2) is 8.78 Å². The van der Waals surface area contributed by atoms with Crippen LogP contribution in [0, 0.1) is 5.92 Å². The SMILES string of the molecule is C[C@H]1C[C@@H](C(=O)Nc2cccc(C(F)F)c2)CCN1.Cl. The Bertz CT molecular complexity index is 457. The Balaban J connectivity index is 0.00000200. The fraction of sp³-hybridized carbons (Fsp3) is 0.500. The second-order valence-electron chi connectivity index (χ2n) is 4.99. The number of alkyl halides is 2. The van der Waals surface area contributed by atoms with E-state index in [1.54, 1.807) is 6.07 Å². The Kier molecular flexibility index (Phi) is 6.36. The summed E-state index contributed by atoms with van der Waals surface area (Å²) >= 11 is 0. The van der Waals surface area contributed by atoms with Gasteiger partial charge in [-0.15, -0.1) is 12.4 Å². The molecule has 2 atom stereocenters. The van der Waals surface area contributed by atoms with E-state index in [-0.39, 0.29) is 29.8 Å². The maximum atomic E-state index is 12.6. The predicted octanol–water partition coefficient (Wildman–Crippen LogP) is 3.37. The van der Waals surface area contributed by atoms with Gasteiger partial charge in [0.1, 0.15) is 0 Å². The van der Waals surface area contributed by atoms with Crippen molar-refractivity contribution in [2.24, 2.45) is 5.92 Å². The van der Waals surface area contributed by atoms with Gasteiger partial charge in [-0.05, 0) is 38.4 Å². The highest BCUT2D eigenvalue weighted by Gasteiger charge is 2.24. The molecule has 0 spiro atoms. The van der Waals surface area contributed by atoms with Gasteiger partial charge in [-0.3, -0.25) is 4.79 Å². The lowest BCUT2D eigenvalue weighted by atomic mass is 9.92. The molecular weight excluding hydrogens is 286 g/mol. The third-order valence-electron chi connectivity index (χ3n) is 3.40. The first kappa shape index (κ1) is 16.9. The summed E-state index contributed by atoms with van der Waals surface area (Å²) in [6, 6.07) is 6.16. The lowest BCUT2D eigenvalue weighted by Crippen LogP contribution is -2.40. The summed E-state index contributed by atoms with van der Waals surface area (Å²) in [7, 11) is 0. The van der Waals surface area contributed by atoms with E-state index < -0.39 is 6.43 Å². The zero-order chi connectivity index (χ0) is 13.8. The van der Waals surface area contributed by atoms with Gasteiger partial charge in [0.25, 0.3) is 6.43 Å². The van der Waals surface area contributed by atoms with Gasteiger partial charge in [0, 0.05) is 23.2 Å². The number of hydrogen-bond acceptors (Lipinski definition) is 2. The largest absolute Gasteiger partial charge is 0.326 e. The normalized spacial score (nSPS) is 22.2. The topological polar surface area (TPSA) is 41.1 Å². The molecule has 1 aromatic rings. The highest BCUT2D eigenvalue weighted by atomic mass is 35.5. The Hall–Kier alpha value is -1.20. The standard InChI is InChI=1S/C14H18F2N2O.ClH/c1-9-7-11(5-6-17-9)14(19)18-12-4-2-3-10(8-12)13(15)16;/h2-4,8-9,11,13,17H,5-7H2,1H3,(H,18,19);1H/t9-,11-;/m0./s1. The summed E-state index contributed by atoms with van der Waals surface area (Å²) in [6.07, 6.45) is -0.957. The van der Waals surface area contributed by atoms with Crippen molar-refractivity contribution in [2.75, 3.05) is 11.9 Å². The first-order valence-electron chi connectivity index (χ1n) is 6.48. The molecule has 112 valence electrons. The summed E-state index contributed by atoms with van der Waals surface area (Å²) in [5.74, 6) is -0.133. The Labute approximate surface area is 123 Å². The summed E-state index contributed by atoms with van der Waals surface area (Å²) in [5, 5.41) is 6.00. The summed E-state index contributed by atoms with van der Waals surface area (Å²) in [4.78, 5) is 12.1. The molecule has 1 aliphatic heterocycles. The van der Waals surface area contributed by atoms with Crippen molar-refractivity contribution in [1.29, 1.82) is 0 Å². The molecule has 2 N–H and O–H groups in total. The minimum Gasteiger partial charge on any atom is -0.326 e. The quantitative estimate of drug-likeness (QED) is 0.899. The minimum atomic E-state index is -2.52. The highest BCUT2D eigenvalue weighted by Crippen LogP contribution is 2.23. The molecule has 0 aliphatic carbocycles. The monoisotopic (exact) mass is 304 g/mol. The molecule has 0 unspecified atom stereocenters. The molecule has 20 heavy (non-hydrogen) atoms. The zero-order valence-corrected chi connectivity index (χ0v) is 12.1. The lowest BCUT2D eigenvalue weighted by Gasteiger charge is -2.27. The van der Waals surface area contributed by atoms with Crippen LogP contribution in [-0.4, -0.2) is 18.5 Å². The third kappa shape index (κ3) is 4.42. The molecule has 1 aromatic carbocycles. The number of amides is 1. The van der Waals surface area contributed by atoms with Crippen molar-refractivity contribution in [3.63, 3.8) is 0 Å². The molecule has 1 amide bonds. The molecule has 0 radical (unpaired) electrons. The molecule has 3 nitrogen and oxygen atoms in total. The van der Waals surface area contributed by atoms with E-state index in [4.69, 9.17) is 0 Å². The molecule has 0 aromatic heterocycles. The van der Waals surface area contributed by atoms with Gasteiger partial charge in [0.15, 0.2) is 0 Å². The van der Waals surface area contributed by atoms with Crippen molar-refractivity contribution in [1.82, 2.24) is 5.32 Å². The van der Waals surface area contributed by atoms with Crippen LogP contribution in [0.1, 0.15) is 31.8 Å². The average molecular weight is 305 g/mol. The number of rotatable bonds is 3. The first-order chi connectivity index (χ1) is 9.06. The smallest absolute Gasteiger partial charge is 0.263 e. The summed E-state index contributed by atoms with van der Waals surface area (Å²) < 4.78 is 25.1. The van der Waals surface area contributed by atoms with Crippen LogP contribution in [0.3, 0.4) is 0 Å². The van der Waals surface area contributed by atoms with Crippen molar-refractivity contribution in [2.45, 2.75) is 32.2 Å². The number of anilines is 1. The van der Waals surface area contributed by atoms with Crippen molar-refractivity contribution in [3.8, 4) is 0 Å². The van der Waals surface area contributed by atoms with Gasteiger partial charge in [-0.1, -0.05) is 12.1 Å². The van der Waals surface area contributed by atoms with Crippen LogP contribution in [0.15, 0.2) is 24.3 Å². The second kappa shape index (κ2) is 7.55. The van der Waals surface area contributed by atoms with Crippen molar-refractivity contribution >= 4 is 24.0 Å². The molecular formula is C14H19ClF2N2O. The van der Waals surface area contributed by atoms with E-state index in [9.17, 15) is 13.6 Å². The van der Waals surface area contributed by atoms with E-state index in [2.05, 4.69) is 10.6 Å². The van der Waals surface area contributed by atoms with Crippen LogP contribution in [0.2, 0.25) is 0 Å². The fourth-order valence-electron chi connectivity index (χ4n) is 2.37. The predicted molar refractivity (Wildman–Crippen MR) is 77.5 cm³/mol. The van der Waals surface area contributed by atoms with E-state index in [1.807, 2.05) is 6.92 Å². The number of halogens is 3. The number of benzene rings is 1. The van der Waals surface area contributed by atoms with Gasteiger partial charge in [0.05, 0.1) is 0 Å². The van der Waals surface area contributed by atoms with Crippen LogP contribution in [0.5, 0.6) is 0 Å². The van der Waals surface area contributed by atoms with E-state index in [0.717, 1.165) is 19.4 Å². The van der Waals surface area contributed by atoms with Gasteiger partial charge >= 0.3 is 0 Å². The van der Waals surface area contributed by atoms with Crippen LogP contribution in [0.25, 0.3) is 0 Å². The van der Waals surface area contributed by atoms with Crippen LogP contribution in [-0.2, 0) is 4.79 Å². The number of carbonyl (C=O) groups excluding carboxylic acids is 1. The van der Waals surface area contributed by atoms with Crippen LogP contribution >= 0.6 is 12.4 Å². The van der Waals surface area contributed by atoms with Gasteiger partial charge < -0.3 is 10.6 Å². The van der Waals surface area contributed by atoms with E-state index in [0.29, 0.717) is 11.7 Å². The van der Waals surface area contributed by atoms with Gasteiger partial charge in [-0.2, -0.15) is 0 Å². The average Bonchev–Trinajstić information content (AvgIpc) is 2.39. The van der Waals surface area contributed by atoms with Crippen LogP contribution in [0.4, 0.5) is 14.5 Å². The van der Waals surface area contributed by atoms with Crippen molar-refractivity contribution < 1.29 is 13.6 Å². The zero-order valence-electron chi connectivity index (χ0n) is 11.2. The molecule has 0 saturated carbocycles. The van der Waals surface area contributed by atoms with E-state index >= 15 is 0 Å². The fourth-order valence-corrected chi connectivity index (χ4v) is 2.37. The van der Waals surface area contributed by atoms with Gasteiger partial charge in [0.2, 0.25) is 5.91 Å². The Morgan fingerprint density at radius 3 is 2.85 bits per heavy atom. The number of piperidine rings is 1. The van der Waals surface area contributed by atoms with Crippen LogP contribution < -0.4 is 10.6 Å². The second-order valence-corrected chi connectivity index (χ2v) is 4.99. The highest BCUT2D eigenvalue weighted by molar-refractivity contribution is 5.92. The molecule has 1 heterocycles.